The van der Waals surface area contributed by atoms with Gasteiger partial charge in [0.1, 0.15) is 4.60 Å². The van der Waals surface area contributed by atoms with E-state index in [1.54, 1.807) is 12.4 Å². The van der Waals surface area contributed by atoms with E-state index in [0.717, 1.165) is 32.1 Å². The van der Waals surface area contributed by atoms with Crippen molar-refractivity contribution in [2.75, 3.05) is 5.43 Å². The number of rotatable bonds is 5. The van der Waals surface area contributed by atoms with E-state index in [-0.39, 0.29) is 11.0 Å². The molecule has 122 valence electrons. The van der Waals surface area contributed by atoms with E-state index in [1.807, 2.05) is 0 Å². The summed E-state index contributed by atoms with van der Waals surface area (Å²) in [5, 5.41) is 11.1. The average Bonchev–Trinajstić information content (AvgIpc) is 2.93. The number of aliphatic hydroxyl groups is 1. The molecule has 1 heterocycles. The van der Waals surface area contributed by atoms with E-state index in [9.17, 15) is 5.11 Å². The predicted octanol–water partition coefficient (Wildman–Crippen LogP) is 3.27. The van der Waals surface area contributed by atoms with Gasteiger partial charge in [0, 0.05) is 11.0 Å². The molecule has 3 rings (SSSR count). The van der Waals surface area contributed by atoms with Crippen LogP contribution in [-0.2, 0) is 0 Å². The van der Waals surface area contributed by atoms with E-state index in [4.69, 9.17) is 0 Å². The number of hydrazine groups is 1. The highest BCUT2D eigenvalue weighted by molar-refractivity contribution is 9.10. The molecule has 4 unspecified atom stereocenters. The van der Waals surface area contributed by atoms with Gasteiger partial charge in [-0.25, -0.2) is 15.4 Å². The first kappa shape index (κ1) is 16.1. The third kappa shape index (κ3) is 2.55. The van der Waals surface area contributed by atoms with Crippen molar-refractivity contribution in [3.8, 4) is 0 Å². The molecular formula is C16H25BrN4O. The van der Waals surface area contributed by atoms with Crippen LogP contribution in [-0.4, -0.2) is 26.2 Å². The van der Waals surface area contributed by atoms with Crippen molar-refractivity contribution in [3.05, 3.63) is 17.0 Å². The van der Waals surface area contributed by atoms with Gasteiger partial charge in [0.05, 0.1) is 18.0 Å². The second kappa shape index (κ2) is 5.42. The summed E-state index contributed by atoms with van der Waals surface area (Å²) in [6, 6.07) is 0. The maximum atomic E-state index is 11.1. The smallest absolute Gasteiger partial charge is 0.158 e. The van der Waals surface area contributed by atoms with E-state index >= 15 is 0 Å². The topological polar surface area (TPSA) is 70.1 Å². The standard InChI is InChI=1S/C16H25BrN4O/c1-4-6-15(3)11-5-7-14(2,10-16(11,15)22)21-20-13-9-18-12(17)8-19-13/h8-9,11,21-22H,4-7,10H2,1-3H3,(H,19,20). The van der Waals surface area contributed by atoms with E-state index < -0.39 is 5.60 Å². The summed E-state index contributed by atoms with van der Waals surface area (Å²) in [4.78, 5) is 8.41. The summed E-state index contributed by atoms with van der Waals surface area (Å²) in [7, 11) is 0. The summed E-state index contributed by atoms with van der Waals surface area (Å²) < 4.78 is 0.715. The average molecular weight is 369 g/mol. The van der Waals surface area contributed by atoms with Gasteiger partial charge < -0.3 is 10.5 Å². The predicted molar refractivity (Wildman–Crippen MR) is 90.2 cm³/mol. The normalized spacial score (nSPS) is 40.1. The van der Waals surface area contributed by atoms with Crippen molar-refractivity contribution in [1.29, 1.82) is 0 Å². The van der Waals surface area contributed by atoms with Gasteiger partial charge in [-0.05, 0) is 54.5 Å². The molecule has 0 spiro atoms. The molecule has 6 heteroatoms. The molecule has 22 heavy (non-hydrogen) atoms. The number of halogens is 1. The summed E-state index contributed by atoms with van der Waals surface area (Å²) in [5.74, 6) is 1.15. The van der Waals surface area contributed by atoms with Crippen molar-refractivity contribution in [2.24, 2.45) is 11.3 Å². The van der Waals surface area contributed by atoms with Crippen LogP contribution in [0.5, 0.6) is 0 Å². The maximum absolute atomic E-state index is 11.1. The van der Waals surface area contributed by atoms with Crippen LogP contribution in [0.3, 0.4) is 0 Å². The number of aromatic nitrogens is 2. The summed E-state index contributed by atoms with van der Waals surface area (Å²) in [6.45, 7) is 6.62. The van der Waals surface area contributed by atoms with Gasteiger partial charge in [-0.3, -0.25) is 0 Å². The Kier molecular flexibility index (Phi) is 3.98. The lowest BCUT2D eigenvalue weighted by atomic mass is 9.82. The number of nitrogens with zero attached hydrogens (tertiary/aromatic N) is 2. The highest BCUT2D eigenvalue weighted by atomic mass is 79.9. The molecule has 5 nitrogen and oxygen atoms in total. The van der Waals surface area contributed by atoms with Crippen LogP contribution in [0.4, 0.5) is 5.82 Å². The van der Waals surface area contributed by atoms with E-state index in [0.29, 0.717) is 16.3 Å². The molecule has 2 aliphatic rings. The van der Waals surface area contributed by atoms with Gasteiger partial charge in [-0.2, -0.15) is 0 Å². The third-order valence-electron chi connectivity index (χ3n) is 5.78. The van der Waals surface area contributed by atoms with Crippen LogP contribution in [0, 0.1) is 11.3 Å². The number of hydrogen-bond donors (Lipinski definition) is 3. The molecule has 2 fully saturated rings. The Morgan fingerprint density at radius 3 is 2.77 bits per heavy atom. The lowest BCUT2D eigenvalue weighted by Gasteiger charge is -2.37. The second-order valence-electron chi connectivity index (χ2n) is 7.39. The largest absolute Gasteiger partial charge is 0.389 e. The zero-order chi connectivity index (χ0) is 16.0. The van der Waals surface area contributed by atoms with Crippen LogP contribution in [0.25, 0.3) is 0 Å². The molecule has 1 aromatic heterocycles. The van der Waals surface area contributed by atoms with Crippen molar-refractivity contribution in [3.63, 3.8) is 0 Å². The molecule has 0 aromatic carbocycles. The minimum Gasteiger partial charge on any atom is -0.389 e. The first-order valence-corrected chi connectivity index (χ1v) is 8.85. The van der Waals surface area contributed by atoms with Crippen LogP contribution >= 0.6 is 15.9 Å². The van der Waals surface area contributed by atoms with Gasteiger partial charge in [-0.15, -0.1) is 0 Å². The molecule has 0 aliphatic heterocycles. The molecule has 0 saturated heterocycles. The Bertz CT molecular complexity index is 554. The number of anilines is 1. The SMILES string of the molecule is CCCC1(C)C2CCC(C)(NNc3cnc(Br)cn3)CC21O. The van der Waals surface area contributed by atoms with E-state index in [2.05, 4.69) is 57.5 Å². The van der Waals surface area contributed by atoms with Gasteiger partial charge in [0.15, 0.2) is 5.82 Å². The van der Waals surface area contributed by atoms with Crippen LogP contribution in [0.2, 0.25) is 0 Å². The van der Waals surface area contributed by atoms with Crippen molar-refractivity contribution in [2.45, 2.75) is 64.0 Å². The maximum Gasteiger partial charge on any atom is 0.158 e. The molecule has 2 aliphatic carbocycles. The lowest BCUT2D eigenvalue weighted by molar-refractivity contribution is 0.0373. The Morgan fingerprint density at radius 2 is 2.14 bits per heavy atom. The minimum absolute atomic E-state index is 0.0958. The summed E-state index contributed by atoms with van der Waals surface area (Å²) in [6.07, 6.45) is 8.48. The Labute approximate surface area is 140 Å². The van der Waals surface area contributed by atoms with Crippen LogP contribution < -0.4 is 10.9 Å². The Morgan fingerprint density at radius 1 is 1.36 bits per heavy atom. The van der Waals surface area contributed by atoms with Crippen molar-refractivity contribution < 1.29 is 5.11 Å². The lowest BCUT2D eigenvalue weighted by Crippen LogP contribution is -2.51. The number of hydrogen-bond acceptors (Lipinski definition) is 5. The molecule has 1 aromatic rings. The first-order chi connectivity index (χ1) is 10.3. The molecule has 0 bridgehead atoms. The second-order valence-corrected chi connectivity index (χ2v) is 8.21. The van der Waals surface area contributed by atoms with Gasteiger partial charge in [0.25, 0.3) is 0 Å². The highest BCUT2D eigenvalue weighted by Crippen LogP contribution is 2.71. The molecule has 3 N–H and O–H groups in total. The fourth-order valence-corrected chi connectivity index (χ4v) is 4.68. The molecule has 2 saturated carbocycles. The summed E-state index contributed by atoms with van der Waals surface area (Å²) in [5.41, 5.74) is 5.95. The van der Waals surface area contributed by atoms with Gasteiger partial charge in [-0.1, -0.05) is 20.3 Å². The third-order valence-corrected chi connectivity index (χ3v) is 6.19. The molecule has 0 amide bonds. The summed E-state index contributed by atoms with van der Waals surface area (Å²) >= 11 is 3.28. The monoisotopic (exact) mass is 368 g/mol. The molecular weight excluding hydrogens is 344 g/mol. The Hall–Kier alpha value is -0.720. The van der Waals surface area contributed by atoms with Gasteiger partial charge >= 0.3 is 0 Å². The first-order valence-electron chi connectivity index (χ1n) is 8.06. The van der Waals surface area contributed by atoms with E-state index in [1.165, 1.54) is 0 Å². The zero-order valence-electron chi connectivity index (χ0n) is 13.5. The highest BCUT2D eigenvalue weighted by Gasteiger charge is 2.74. The fourth-order valence-electron chi connectivity index (χ4n) is 4.48. The van der Waals surface area contributed by atoms with Gasteiger partial charge in [0.2, 0.25) is 0 Å². The fraction of sp³-hybridized carbons (Fsp3) is 0.750. The van der Waals surface area contributed by atoms with Crippen molar-refractivity contribution >= 4 is 21.7 Å². The number of fused-ring (bicyclic) bond motifs is 1. The molecule has 4 atom stereocenters. The minimum atomic E-state index is -0.518. The number of nitrogens with one attached hydrogen (secondary N) is 2. The van der Waals surface area contributed by atoms with Crippen LogP contribution in [0.1, 0.15) is 52.9 Å². The Balaban J connectivity index is 1.64. The van der Waals surface area contributed by atoms with Crippen molar-refractivity contribution in [1.82, 2.24) is 15.4 Å². The molecule has 0 radical (unpaired) electrons. The quantitative estimate of drug-likeness (QED) is 0.695. The van der Waals surface area contributed by atoms with Crippen LogP contribution in [0.15, 0.2) is 17.0 Å². The zero-order valence-corrected chi connectivity index (χ0v) is 15.1.